The third-order valence-corrected chi connectivity index (χ3v) is 8.98. The zero-order chi connectivity index (χ0) is 33.8. The first-order chi connectivity index (χ1) is 23.9. The first-order valence-corrected chi connectivity index (χ1v) is 17.0. The molecule has 0 aliphatic rings. The van der Waals surface area contributed by atoms with E-state index in [1.165, 1.54) is 11.1 Å². The lowest BCUT2D eigenvalue weighted by molar-refractivity contribution is 0.0582. The van der Waals surface area contributed by atoms with E-state index in [-0.39, 0.29) is 0 Å². The number of fused-ring (bicyclic) bond motifs is 3. The van der Waals surface area contributed by atoms with Crippen LogP contribution in [0.4, 0.5) is 5.82 Å². The molecule has 0 atom stereocenters. The summed E-state index contributed by atoms with van der Waals surface area (Å²) in [7, 11) is 0. The van der Waals surface area contributed by atoms with Gasteiger partial charge in [0.25, 0.3) is 0 Å². The Bertz CT molecular complexity index is 2060. The number of nitrogens with one attached hydrogen (secondary N) is 1. The van der Waals surface area contributed by atoms with Gasteiger partial charge >= 0.3 is 0 Å². The number of benzene rings is 5. The quantitative estimate of drug-likeness (QED) is 0.130. The van der Waals surface area contributed by atoms with Crippen molar-refractivity contribution < 1.29 is 9.84 Å². The van der Waals surface area contributed by atoms with Gasteiger partial charge in [-0.1, -0.05) is 133 Å². The van der Waals surface area contributed by atoms with Crippen molar-refractivity contribution >= 4 is 27.8 Å². The standard InChI is InChI=1S/C43H42N4O2/c1-4-49-29-38-45-39-40(47(38)30-42(2,3)48)36-26-25-32(27-31-17-9-5-10-18-31)28-37(36)44-41(39)46-43(33-19-11-6-12-20-33,34-21-13-7-14-22-34)35-23-15-8-16-24-35/h5-26,28,48H,4,27,29-30H2,1-3H3,(H,44,46). The number of ether oxygens (including phenoxy) is 1. The Labute approximate surface area is 288 Å². The zero-order valence-corrected chi connectivity index (χ0v) is 28.3. The summed E-state index contributed by atoms with van der Waals surface area (Å²) in [6.07, 6.45) is 0.791. The molecule has 246 valence electrons. The summed E-state index contributed by atoms with van der Waals surface area (Å²) in [5.74, 6) is 1.40. The minimum Gasteiger partial charge on any atom is -0.389 e. The molecule has 6 heteroatoms. The number of rotatable bonds is 12. The van der Waals surface area contributed by atoms with Crippen molar-refractivity contribution in [2.24, 2.45) is 0 Å². The third kappa shape index (κ3) is 6.58. The van der Waals surface area contributed by atoms with Crippen molar-refractivity contribution in [3.05, 3.63) is 173 Å². The van der Waals surface area contributed by atoms with E-state index in [1.807, 2.05) is 45.0 Å². The van der Waals surface area contributed by atoms with Crippen molar-refractivity contribution in [3.63, 3.8) is 0 Å². The van der Waals surface area contributed by atoms with Crippen LogP contribution >= 0.6 is 0 Å². The van der Waals surface area contributed by atoms with E-state index >= 15 is 0 Å². The number of anilines is 1. The van der Waals surface area contributed by atoms with Gasteiger partial charge in [0, 0.05) is 12.0 Å². The summed E-state index contributed by atoms with van der Waals surface area (Å²) < 4.78 is 8.06. The van der Waals surface area contributed by atoms with Gasteiger partial charge in [-0.15, -0.1) is 0 Å². The minimum atomic E-state index is -0.993. The lowest BCUT2D eigenvalue weighted by Gasteiger charge is -2.37. The maximum atomic E-state index is 11.2. The fraction of sp³-hybridized carbons (Fsp3) is 0.209. The molecule has 2 N–H and O–H groups in total. The molecule has 2 aromatic heterocycles. The number of hydrogen-bond acceptors (Lipinski definition) is 5. The maximum Gasteiger partial charge on any atom is 0.156 e. The smallest absolute Gasteiger partial charge is 0.156 e. The van der Waals surface area contributed by atoms with Gasteiger partial charge < -0.3 is 19.7 Å². The lowest BCUT2D eigenvalue weighted by Crippen LogP contribution is -2.38. The Morgan fingerprint density at radius 1 is 0.694 bits per heavy atom. The molecular formula is C43H42N4O2. The van der Waals surface area contributed by atoms with Crippen LogP contribution in [0.15, 0.2) is 140 Å². The second kappa shape index (κ2) is 13.7. The van der Waals surface area contributed by atoms with Crippen LogP contribution in [0, 0.1) is 0 Å². The molecule has 2 heterocycles. The highest BCUT2D eigenvalue weighted by molar-refractivity contribution is 6.07. The van der Waals surface area contributed by atoms with Crippen molar-refractivity contribution in [1.29, 1.82) is 0 Å². The largest absolute Gasteiger partial charge is 0.389 e. The zero-order valence-electron chi connectivity index (χ0n) is 28.3. The molecule has 0 bridgehead atoms. The second-order valence-electron chi connectivity index (χ2n) is 13.2. The van der Waals surface area contributed by atoms with Crippen molar-refractivity contribution in [3.8, 4) is 0 Å². The van der Waals surface area contributed by atoms with Crippen molar-refractivity contribution in [2.45, 2.75) is 51.5 Å². The highest BCUT2D eigenvalue weighted by atomic mass is 16.5. The molecule has 7 aromatic rings. The van der Waals surface area contributed by atoms with Crippen LogP contribution in [0.3, 0.4) is 0 Å². The van der Waals surface area contributed by atoms with E-state index in [0.717, 1.165) is 50.9 Å². The maximum absolute atomic E-state index is 11.2. The average molecular weight is 647 g/mol. The number of hydrogen-bond donors (Lipinski definition) is 2. The van der Waals surface area contributed by atoms with Gasteiger partial charge in [0.05, 0.1) is 23.2 Å². The van der Waals surface area contributed by atoms with Gasteiger partial charge in [-0.2, -0.15) is 0 Å². The van der Waals surface area contributed by atoms with Crippen LogP contribution in [-0.4, -0.2) is 31.8 Å². The van der Waals surface area contributed by atoms with E-state index in [1.54, 1.807) is 0 Å². The Kier molecular flexibility index (Phi) is 9.00. The summed E-state index contributed by atoms with van der Waals surface area (Å²) in [6, 6.07) is 48.6. The molecule has 0 saturated carbocycles. The normalized spacial score (nSPS) is 12.1. The van der Waals surface area contributed by atoms with Gasteiger partial charge in [0.15, 0.2) is 5.82 Å². The number of aromatic nitrogens is 3. The number of aliphatic hydroxyl groups is 1. The predicted molar refractivity (Wildman–Crippen MR) is 199 cm³/mol. The van der Waals surface area contributed by atoms with Crippen LogP contribution in [0.2, 0.25) is 0 Å². The molecule has 0 amide bonds. The van der Waals surface area contributed by atoms with Crippen molar-refractivity contribution in [2.75, 3.05) is 11.9 Å². The lowest BCUT2D eigenvalue weighted by atomic mass is 9.77. The monoisotopic (exact) mass is 646 g/mol. The first kappa shape index (κ1) is 32.3. The third-order valence-electron chi connectivity index (χ3n) is 8.98. The summed E-state index contributed by atoms with van der Waals surface area (Å²) in [5.41, 5.74) is 6.33. The fourth-order valence-electron chi connectivity index (χ4n) is 6.83. The van der Waals surface area contributed by atoms with Crippen LogP contribution < -0.4 is 5.32 Å². The van der Waals surface area contributed by atoms with E-state index in [4.69, 9.17) is 14.7 Å². The summed E-state index contributed by atoms with van der Waals surface area (Å²) in [6.45, 7) is 6.85. The van der Waals surface area contributed by atoms with E-state index in [9.17, 15) is 5.11 Å². The van der Waals surface area contributed by atoms with E-state index < -0.39 is 11.1 Å². The molecule has 0 radical (unpaired) electrons. The molecule has 6 nitrogen and oxygen atoms in total. The molecule has 5 aromatic carbocycles. The predicted octanol–water partition coefficient (Wildman–Crippen LogP) is 8.89. The van der Waals surface area contributed by atoms with Gasteiger partial charge in [0.1, 0.15) is 23.5 Å². The van der Waals surface area contributed by atoms with Crippen LogP contribution in [0.5, 0.6) is 0 Å². The number of nitrogens with zero attached hydrogens (tertiary/aromatic N) is 3. The Hall–Kier alpha value is -5.30. The second-order valence-corrected chi connectivity index (χ2v) is 13.2. The summed E-state index contributed by atoms with van der Waals surface area (Å²) in [4.78, 5) is 10.6. The van der Waals surface area contributed by atoms with E-state index in [0.29, 0.717) is 25.6 Å². The molecular weight excluding hydrogens is 604 g/mol. The van der Waals surface area contributed by atoms with Crippen LogP contribution in [0.25, 0.3) is 21.9 Å². The highest BCUT2D eigenvalue weighted by Gasteiger charge is 2.38. The molecule has 0 spiro atoms. The fourth-order valence-corrected chi connectivity index (χ4v) is 6.83. The molecule has 0 aliphatic heterocycles. The molecule has 0 saturated heterocycles. The number of imidazole rings is 1. The molecule has 0 aliphatic carbocycles. The average Bonchev–Trinajstić information content (AvgIpc) is 3.48. The van der Waals surface area contributed by atoms with Crippen LogP contribution in [-0.2, 0) is 29.8 Å². The Balaban J connectivity index is 1.53. The van der Waals surface area contributed by atoms with Crippen molar-refractivity contribution in [1.82, 2.24) is 14.5 Å². The van der Waals surface area contributed by atoms with E-state index in [2.05, 4.69) is 125 Å². The summed E-state index contributed by atoms with van der Waals surface area (Å²) in [5, 5.41) is 16.1. The molecule has 0 fully saturated rings. The molecule has 7 rings (SSSR count). The van der Waals surface area contributed by atoms with Gasteiger partial charge in [-0.05, 0) is 61.1 Å². The SMILES string of the molecule is CCOCc1nc2c(NC(c3ccccc3)(c3ccccc3)c3ccccc3)nc3cc(Cc4ccccc4)ccc3c2n1CC(C)(C)O. The Morgan fingerprint density at radius 2 is 1.24 bits per heavy atom. The van der Waals surface area contributed by atoms with Gasteiger partial charge in [0.2, 0.25) is 0 Å². The van der Waals surface area contributed by atoms with Gasteiger partial charge in [-0.3, -0.25) is 0 Å². The molecule has 49 heavy (non-hydrogen) atoms. The Morgan fingerprint density at radius 3 is 1.78 bits per heavy atom. The highest BCUT2D eigenvalue weighted by Crippen LogP contribution is 2.42. The minimum absolute atomic E-state index is 0.315. The first-order valence-electron chi connectivity index (χ1n) is 17.0. The van der Waals surface area contributed by atoms with Crippen LogP contribution in [0.1, 0.15) is 54.4 Å². The van der Waals surface area contributed by atoms with Gasteiger partial charge in [-0.25, -0.2) is 9.97 Å². The molecule has 0 unspecified atom stereocenters. The summed E-state index contributed by atoms with van der Waals surface area (Å²) >= 11 is 0. The number of pyridine rings is 1. The topological polar surface area (TPSA) is 72.2 Å².